The van der Waals surface area contributed by atoms with Gasteiger partial charge in [0.15, 0.2) is 12.1 Å². The summed E-state index contributed by atoms with van der Waals surface area (Å²) in [7, 11) is 0. The van der Waals surface area contributed by atoms with E-state index in [1.807, 2.05) is 28.8 Å². The lowest BCUT2D eigenvalue weighted by Gasteiger charge is -2.25. The quantitative estimate of drug-likeness (QED) is 0.776. The fraction of sp³-hybridized carbons (Fsp3) is 0.467. The molecule has 1 aliphatic heterocycles. The summed E-state index contributed by atoms with van der Waals surface area (Å²) in [5.41, 5.74) is 1.53. The summed E-state index contributed by atoms with van der Waals surface area (Å²) in [6.45, 7) is 2.01. The Balaban J connectivity index is 2.00. The summed E-state index contributed by atoms with van der Waals surface area (Å²) < 4.78 is 1.88. The Morgan fingerprint density at radius 2 is 1.79 bits per heavy atom. The van der Waals surface area contributed by atoms with Crippen molar-refractivity contribution in [1.82, 2.24) is 9.38 Å². The molecular weight excluding hydrogens is 238 g/mol. The molecular formula is C15H19N3O. The van der Waals surface area contributed by atoms with Crippen LogP contribution in [0, 0.1) is 0 Å². The van der Waals surface area contributed by atoms with E-state index in [4.69, 9.17) is 0 Å². The number of fused-ring (bicyclic) bond motifs is 1. The van der Waals surface area contributed by atoms with Crippen molar-refractivity contribution in [2.45, 2.75) is 32.1 Å². The SMILES string of the molecule is O=Cc1c(N2CCCCCCC2)nc2ccccn12. The molecule has 3 heterocycles. The van der Waals surface area contributed by atoms with E-state index in [2.05, 4.69) is 9.88 Å². The molecule has 0 aliphatic carbocycles. The topological polar surface area (TPSA) is 37.6 Å². The maximum atomic E-state index is 11.4. The third-order valence-electron chi connectivity index (χ3n) is 3.81. The Morgan fingerprint density at radius 1 is 1.05 bits per heavy atom. The van der Waals surface area contributed by atoms with Crippen molar-refractivity contribution in [3.05, 3.63) is 30.1 Å². The molecule has 0 bridgehead atoms. The second-order valence-electron chi connectivity index (χ2n) is 5.12. The maximum absolute atomic E-state index is 11.4. The highest BCUT2D eigenvalue weighted by molar-refractivity contribution is 5.83. The van der Waals surface area contributed by atoms with Crippen molar-refractivity contribution in [1.29, 1.82) is 0 Å². The van der Waals surface area contributed by atoms with Gasteiger partial charge in [0.25, 0.3) is 0 Å². The number of hydrogen-bond donors (Lipinski definition) is 0. The number of carbonyl (C=O) groups excluding carboxylic acids is 1. The van der Waals surface area contributed by atoms with Gasteiger partial charge in [0, 0.05) is 19.3 Å². The number of pyridine rings is 1. The highest BCUT2D eigenvalue weighted by Crippen LogP contribution is 2.23. The van der Waals surface area contributed by atoms with Crippen LogP contribution in [0.25, 0.3) is 5.65 Å². The minimum atomic E-state index is 0.677. The average Bonchev–Trinajstić information content (AvgIpc) is 2.76. The summed E-state index contributed by atoms with van der Waals surface area (Å²) >= 11 is 0. The summed E-state index contributed by atoms with van der Waals surface area (Å²) in [6.07, 6.45) is 9.09. The molecule has 4 nitrogen and oxygen atoms in total. The van der Waals surface area contributed by atoms with E-state index in [9.17, 15) is 4.79 Å². The molecule has 0 aromatic carbocycles. The van der Waals surface area contributed by atoms with E-state index >= 15 is 0 Å². The maximum Gasteiger partial charge on any atom is 0.170 e. The van der Waals surface area contributed by atoms with Gasteiger partial charge < -0.3 is 4.90 Å². The highest BCUT2D eigenvalue weighted by atomic mass is 16.1. The molecule has 0 amide bonds. The first-order valence-electron chi connectivity index (χ1n) is 7.07. The van der Waals surface area contributed by atoms with Crippen LogP contribution >= 0.6 is 0 Å². The van der Waals surface area contributed by atoms with Crippen LogP contribution in [0.4, 0.5) is 5.82 Å². The lowest BCUT2D eigenvalue weighted by atomic mass is 10.1. The first-order chi connectivity index (χ1) is 9.40. The predicted molar refractivity (Wildman–Crippen MR) is 75.9 cm³/mol. The van der Waals surface area contributed by atoms with Crippen molar-refractivity contribution >= 4 is 17.8 Å². The number of imidazole rings is 1. The highest BCUT2D eigenvalue weighted by Gasteiger charge is 2.18. The first-order valence-corrected chi connectivity index (χ1v) is 7.07. The van der Waals surface area contributed by atoms with Crippen molar-refractivity contribution < 1.29 is 4.79 Å². The van der Waals surface area contributed by atoms with Crippen LogP contribution in [-0.4, -0.2) is 28.8 Å². The van der Waals surface area contributed by atoms with E-state index < -0.39 is 0 Å². The molecule has 0 N–H and O–H groups in total. The van der Waals surface area contributed by atoms with E-state index in [1.54, 1.807) is 0 Å². The van der Waals surface area contributed by atoms with Crippen molar-refractivity contribution in [3.63, 3.8) is 0 Å². The minimum Gasteiger partial charge on any atom is -0.355 e. The second kappa shape index (κ2) is 5.43. The van der Waals surface area contributed by atoms with Crippen molar-refractivity contribution in [2.24, 2.45) is 0 Å². The van der Waals surface area contributed by atoms with E-state index in [0.717, 1.165) is 30.8 Å². The molecule has 1 aliphatic rings. The lowest BCUT2D eigenvalue weighted by molar-refractivity contribution is 0.111. The summed E-state index contributed by atoms with van der Waals surface area (Å²) in [5.74, 6) is 0.850. The molecule has 0 saturated carbocycles. The number of aldehydes is 1. The Bertz CT molecular complexity index is 568. The molecule has 3 rings (SSSR count). The van der Waals surface area contributed by atoms with E-state index in [1.165, 1.54) is 32.1 Å². The fourth-order valence-electron chi connectivity index (χ4n) is 2.80. The van der Waals surface area contributed by atoms with Crippen LogP contribution < -0.4 is 4.90 Å². The van der Waals surface area contributed by atoms with Crippen LogP contribution in [0.2, 0.25) is 0 Å². The van der Waals surface area contributed by atoms with Gasteiger partial charge in [-0.25, -0.2) is 4.98 Å². The Labute approximate surface area is 113 Å². The van der Waals surface area contributed by atoms with Gasteiger partial charge in [-0.05, 0) is 25.0 Å². The van der Waals surface area contributed by atoms with Crippen molar-refractivity contribution in [2.75, 3.05) is 18.0 Å². The third kappa shape index (κ3) is 2.35. The zero-order valence-electron chi connectivity index (χ0n) is 11.1. The van der Waals surface area contributed by atoms with Gasteiger partial charge in [-0.3, -0.25) is 9.20 Å². The smallest absolute Gasteiger partial charge is 0.170 e. The Kier molecular flexibility index (Phi) is 3.49. The van der Waals surface area contributed by atoms with Crippen LogP contribution in [0.5, 0.6) is 0 Å². The fourth-order valence-corrected chi connectivity index (χ4v) is 2.80. The van der Waals surface area contributed by atoms with Crippen LogP contribution in [0.1, 0.15) is 42.6 Å². The van der Waals surface area contributed by atoms with Gasteiger partial charge in [0.2, 0.25) is 0 Å². The van der Waals surface area contributed by atoms with Crippen LogP contribution in [-0.2, 0) is 0 Å². The van der Waals surface area contributed by atoms with Gasteiger partial charge in [0.1, 0.15) is 11.3 Å². The molecule has 0 unspecified atom stereocenters. The van der Waals surface area contributed by atoms with Crippen molar-refractivity contribution in [3.8, 4) is 0 Å². The number of aromatic nitrogens is 2. The van der Waals surface area contributed by atoms with Crippen LogP contribution in [0.3, 0.4) is 0 Å². The van der Waals surface area contributed by atoms with Gasteiger partial charge in [-0.2, -0.15) is 0 Å². The van der Waals surface area contributed by atoms with E-state index in [0.29, 0.717) is 5.69 Å². The molecule has 0 spiro atoms. The van der Waals surface area contributed by atoms with Gasteiger partial charge in [-0.1, -0.05) is 25.3 Å². The molecule has 4 heteroatoms. The zero-order valence-corrected chi connectivity index (χ0v) is 11.1. The molecule has 1 saturated heterocycles. The largest absolute Gasteiger partial charge is 0.355 e. The molecule has 0 atom stereocenters. The second-order valence-corrected chi connectivity index (χ2v) is 5.12. The lowest BCUT2D eigenvalue weighted by Crippen LogP contribution is -2.28. The number of anilines is 1. The van der Waals surface area contributed by atoms with Crippen LogP contribution in [0.15, 0.2) is 24.4 Å². The monoisotopic (exact) mass is 257 g/mol. The van der Waals surface area contributed by atoms with Gasteiger partial charge >= 0.3 is 0 Å². The third-order valence-corrected chi connectivity index (χ3v) is 3.81. The summed E-state index contributed by atoms with van der Waals surface area (Å²) in [4.78, 5) is 18.3. The molecule has 19 heavy (non-hydrogen) atoms. The molecule has 2 aromatic rings. The number of rotatable bonds is 2. The Morgan fingerprint density at radius 3 is 2.53 bits per heavy atom. The molecule has 2 aromatic heterocycles. The van der Waals surface area contributed by atoms with Gasteiger partial charge in [-0.15, -0.1) is 0 Å². The van der Waals surface area contributed by atoms with Gasteiger partial charge in [0.05, 0.1) is 0 Å². The minimum absolute atomic E-state index is 0.677. The first kappa shape index (κ1) is 12.2. The number of carbonyl (C=O) groups is 1. The zero-order chi connectivity index (χ0) is 13.1. The summed E-state index contributed by atoms with van der Waals surface area (Å²) in [6, 6.07) is 5.83. The number of nitrogens with zero attached hydrogens (tertiary/aromatic N) is 3. The molecule has 100 valence electrons. The molecule has 0 radical (unpaired) electrons. The number of hydrogen-bond acceptors (Lipinski definition) is 3. The normalized spacial score (nSPS) is 17.2. The molecule has 1 fully saturated rings. The standard InChI is InChI=1S/C15H19N3O/c19-12-13-15(16-14-8-4-7-11-18(13)14)17-9-5-2-1-3-6-10-17/h4,7-8,11-12H,1-3,5-6,9-10H2. The summed E-state index contributed by atoms with van der Waals surface area (Å²) in [5, 5.41) is 0. The Hall–Kier alpha value is -1.84. The average molecular weight is 257 g/mol. The predicted octanol–water partition coefficient (Wildman–Crippen LogP) is 2.92. The van der Waals surface area contributed by atoms with E-state index in [-0.39, 0.29) is 0 Å².